The van der Waals surface area contributed by atoms with Gasteiger partial charge in [0, 0.05) is 43.0 Å². The van der Waals surface area contributed by atoms with Crippen LogP contribution in [0, 0.1) is 6.92 Å². The van der Waals surface area contributed by atoms with Crippen LogP contribution in [0.5, 0.6) is 5.75 Å². The van der Waals surface area contributed by atoms with Crippen LogP contribution in [0.15, 0.2) is 77.7 Å². The maximum Gasteiger partial charge on any atom is 0.264 e. The summed E-state index contributed by atoms with van der Waals surface area (Å²) in [7, 11) is -4.03. The van der Waals surface area contributed by atoms with Crippen molar-refractivity contribution in [1.82, 2.24) is 20.3 Å². The van der Waals surface area contributed by atoms with Crippen molar-refractivity contribution in [1.29, 1.82) is 0 Å². The van der Waals surface area contributed by atoms with Gasteiger partial charge in [-0.1, -0.05) is 48.0 Å². The molecule has 4 aromatic rings. The first-order valence-electron chi connectivity index (χ1n) is 15.9. The highest BCUT2D eigenvalue weighted by atomic mass is 32.2. The molecule has 2 aliphatic heterocycles. The van der Waals surface area contributed by atoms with Crippen molar-refractivity contribution >= 4 is 39.2 Å². The predicted octanol–water partition coefficient (Wildman–Crippen LogP) is 3.05. The fraction of sp³-hybridized carbons (Fsp3) is 0.364. The van der Waals surface area contributed by atoms with Crippen LogP contribution in [0.25, 0.3) is 0 Å². The second-order valence-corrected chi connectivity index (χ2v) is 14.1. The maximum atomic E-state index is 14.0. The average molecular weight is 659 g/mol. The topological polar surface area (TPSA) is 188 Å². The van der Waals surface area contributed by atoms with Crippen LogP contribution in [0.3, 0.4) is 0 Å². The van der Waals surface area contributed by atoms with Crippen LogP contribution >= 0.6 is 0 Å². The molecule has 2 fully saturated rings. The Morgan fingerprint density at radius 3 is 2.30 bits per heavy atom. The number of aromatic hydroxyl groups is 1. The van der Waals surface area contributed by atoms with Crippen molar-refractivity contribution in [3.8, 4) is 5.75 Å². The van der Waals surface area contributed by atoms with E-state index >= 15 is 0 Å². The summed E-state index contributed by atoms with van der Waals surface area (Å²) in [5.74, 6) is 0.913. The first-order chi connectivity index (χ1) is 22.6. The highest BCUT2D eigenvalue weighted by Crippen LogP contribution is 2.36. The highest BCUT2D eigenvalue weighted by Gasteiger charge is 2.29. The van der Waals surface area contributed by atoms with Gasteiger partial charge in [0.1, 0.15) is 5.75 Å². The average Bonchev–Trinajstić information content (AvgIpc) is 3.05. The normalized spacial score (nSPS) is 18.9. The van der Waals surface area contributed by atoms with Gasteiger partial charge in [-0.2, -0.15) is 15.0 Å². The van der Waals surface area contributed by atoms with Gasteiger partial charge in [-0.15, -0.1) is 0 Å². The Bertz CT molecular complexity index is 1760. The molecule has 14 heteroatoms. The number of aromatic nitrogens is 3. The lowest BCUT2D eigenvalue weighted by atomic mass is 10.0. The molecule has 0 saturated carbocycles. The molecule has 2 saturated heterocycles. The van der Waals surface area contributed by atoms with Crippen LogP contribution < -0.4 is 36.6 Å². The summed E-state index contributed by atoms with van der Waals surface area (Å²) in [6.07, 6.45) is 2.59. The Hall–Kier alpha value is -4.50. The Morgan fingerprint density at radius 2 is 1.62 bits per heavy atom. The molecule has 0 amide bonds. The fourth-order valence-electron chi connectivity index (χ4n) is 5.94. The summed E-state index contributed by atoms with van der Waals surface area (Å²) < 4.78 is 29.1. The lowest BCUT2D eigenvalue weighted by Gasteiger charge is -2.34. The van der Waals surface area contributed by atoms with Crippen molar-refractivity contribution in [2.45, 2.75) is 55.8 Å². The van der Waals surface area contributed by atoms with Crippen LogP contribution in [0.4, 0.5) is 29.2 Å². The summed E-state index contributed by atoms with van der Waals surface area (Å²) in [6.45, 7) is 4.86. The molecule has 47 heavy (non-hydrogen) atoms. The minimum Gasteiger partial charge on any atom is -0.506 e. The summed E-state index contributed by atoms with van der Waals surface area (Å²) in [6, 6.07) is 20.6. The van der Waals surface area contributed by atoms with Gasteiger partial charge in [0.2, 0.25) is 17.8 Å². The second-order valence-electron chi connectivity index (χ2n) is 12.3. The molecule has 3 heterocycles. The molecule has 0 unspecified atom stereocenters. The van der Waals surface area contributed by atoms with E-state index < -0.39 is 10.0 Å². The molecular weight excluding hydrogens is 616 g/mol. The fourth-order valence-corrected chi connectivity index (χ4v) is 7.41. The SMILES string of the molecule is Cc1ccc(S(=O)(=O)N(Cc2ccccc2)c2ccc(Nc3nc(NC4CCNCC4)nc(N4C[C@H](N)C[C@H](N)C4)n3)cc2O)cc1. The number of sulfonamides is 1. The highest BCUT2D eigenvalue weighted by molar-refractivity contribution is 7.92. The molecule has 2 atom stereocenters. The molecule has 0 aliphatic carbocycles. The van der Waals surface area contributed by atoms with E-state index in [9.17, 15) is 13.5 Å². The number of piperidine rings is 2. The first-order valence-corrected chi connectivity index (χ1v) is 17.3. The minimum absolute atomic E-state index is 0.0278. The largest absolute Gasteiger partial charge is 0.506 e. The summed E-state index contributed by atoms with van der Waals surface area (Å²) >= 11 is 0. The number of nitrogens with one attached hydrogen (secondary N) is 3. The van der Waals surface area contributed by atoms with Crippen LogP contribution in [0.1, 0.15) is 30.4 Å². The third-order valence-corrected chi connectivity index (χ3v) is 10.1. The van der Waals surface area contributed by atoms with E-state index in [0.29, 0.717) is 30.7 Å². The minimum atomic E-state index is -4.03. The van der Waals surface area contributed by atoms with E-state index in [-0.39, 0.29) is 47.0 Å². The van der Waals surface area contributed by atoms with Crippen LogP contribution in [0.2, 0.25) is 0 Å². The van der Waals surface area contributed by atoms with Crippen LogP contribution in [-0.4, -0.2) is 72.8 Å². The lowest BCUT2D eigenvalue weighted by molar-refractivity contribution is 0.446. The summed E-state index contributed by atoms with van der Waals surface area (Å²) in [4.78, 5) is 16.1. The molecule has 8 N–H and O–H groups in total. The van der Waals surface area contributed by atoms with Crippen molar-refractivity contribution in [2.24, 2.45) is 11.5 Å². The van der Waals surface area contributed by atoms with E-state index in [0.717, 1.165) is 43.5 Å². The smallest absolute Gasteiger partial charge is 0.264 e. The van der Waals surface area contributed by atoms with Gasteiger partial charge in [-0.3, -0.25) is 4.31 Å². The van der Waals surface area contributed by atoms with E-state index in [1.807, 2.05) is 42.2 Å². The predicted molar refractivity (Wildman–Crippen MR) is 185 cm³/mol. The number of nitrogens with zero attached hydrogens (tertiary/aromatic N) is 5. The molecule has 0 spiro atoms. The van der Waals surface area contributed by atoms with E-state index in [1.165, 1.54) is 10.4 Å². The third-order valence-electron chi connectivity index (χ3n) is 8.37. The molecule has 2 aliphatic rings. The summed E-state index contributed by atoms with van der Waals surface area (Å²) in [5.41, 5.74) is 14.9. The number of anilines is 5. The van der Waals surface area contributed by atoms with Crippen LogP contribution in [-0.2, 0) is 16.6 Å². The van der Waals surface area contributed by atoms with E-state index in [2.05, 4.69) is 25.9 Å². The van der Waals surface area contributed by atoms with Gasteiger partial charge in [0.25, 0.3) is 10.0 Å². The van der Waals surface area contributed by atoms with Crippen molar-refractivity contribution in [2.75, 3.05) is 46.0 Å². The quantitative estimate of drug-likeness (QED) is 0.146. The van der Waals surface area contributed by atoms with Gasteiger partial charge in [-0.25, -0.2) is 8.42 Å². The van der Waals surface area contributed by atoms with Crippen molar-refractivity contribution in [3.05, 3.63) is 83.9 Å². The number of benzene rings is 3. The standard InChI is InChI=1S/C33H42N10O3S/c1-22-7-10-28(11-8-22)47(45,46)43(19-23-5-3-2-4-6-23)29-12-9-27(18-30(29)44)38-32-39-31(37-26-13-15-36-16-14-26)40-33(41-32)42-20-24(34)17-25(35)21-42/h2-12,18,24-26,36,44H,13-17,19-21,34-35H2,1H3,(H2,37,38,39,40,41)/t24-,25+. The third kappa shape index (κ3) is 7.91. The van der Waals surface area contributed by atoms with Gasteiger partial charge < -0.3 is 37.4 Å². The number of rotatable bonds is 10. The molecule has 0 bridgehead atoms. The lowest BCUT2D eigenvalue weighted by Crippen LogP contribution is -2.53. The van der Waals surface area contributed by atoms with Gasteiger partial charge in [0.05, 0.1) is 17.1 Å². The van der Waals surface area contributed by atoms with Gasteiger partial charge in [0.15, 0.2) is 0 Å². The Labute approximate surface area is 275 Å². The zero-order valence-electron chi connectivity index (χ0n) is 26.4. The zero-order chi connectivity index (χ0) is 33.0. The Kier molecular flexibility index (Phi) is 9.73. The maximum absolute atomic E-state index is 14.0. The molecule has 6 rings (SSSR count). The number of nitrogens with two attached hydrogens (primary N) is 2. The Balaban J connectivity index is 1.31. The molecule has 0 radical (unpaired) electrons. The second kappa shape index (κ2) is 14.1. The molecular formula is C33H42N10O3S. The number of hydrogen-bond donors (Lipinski definition) is 6. The van der Waals surface area contributed by atoms with Crippen molar-refractivity contribution < 1.29 is 13.5 Å². The van der Waals surface area contributed by atoms with E-state index in [1.54, 1.807) is 36.4 Å². The van der Waals surface area contributed by atoms with Crippen molar-refractivity contribution in [3.63, 3.8) is 0 Å². The van der Waals surface area contributed by atoms with Gasteiger partial charge >= 0.3 is 0 Å². The number of phenolic OH excluding ortho intramolecular Hbond substituents is 1. The van der Waals surface area contributed by atoms with E-state index in [4.69, 9.17) is 16.5 Å². The molecule has 3 aromatic carbocycles. The molecule has 248 valence electrons. The number of aryl methyl sites for hydroxylation is 1. The summed E-state index contributed by atoms with van der Waals surface area (Å²) in [5, 5.41) is 21.3. The monoisotopic (exact) mass is 658 g/mol. The number of phenols is 1. The Morgan fingerprint density at radius 1 is 0.936 bits per heavy atom. The number of hydrogen-bond acceptors (Lipinski definition) is 12. The van der Waals surface area contributed by atoms with Gasteiger partial charge in [-0.05, 0) is 69.1 Å². The zero-order valence-corrected chi connectivity index (χ0v) is 27.2. The first kappa shape index (κ1) is 32.4. The molecule has 1 aromatic heterocycles. The molecule has 13 nitrogen and oxygen atoms in total.